The van der Waals surface area contributed by atoms with Gasteiger partial charge in [-0.15, -0.1) is 4.79 Å². The van der Waals surface area contributed by atoms with E-state index in [9.17, 15) is 25.3 Å². The van der Waals surface area contributed by atoms with Crippen LogP contribution in [0.3, 0.4) is 0 Å². The fourth-order valence-corrected chi connectivity index (χ4v) is 6.95. The van der Waals surface area contributed by atoms with Gasteiger partial charge in [0.25, 0.3) is 29.5 Å². The number of nitrogens with zero attached hydrogens (tertiary/aromatic N) is 4. The van der Waals surface area contributed by atoms with E-state index in [1.165, 1.54) is 69.9 Å². The van der Waals surface area contributed by atoms with Crippen molar-refractivity contribution < 1.29 is 49.0 Å². The van der Waals surface area contributed by atoms with Gasteiger partial charge in [-0.25, -0.2) is 25.3 Å². The molecule has 0 aliphatic heterocycles. The molecule has 0 aliphatic carbocycles. The lowest BCUT2D eigenvalue weighted by molar-refractivity contribution is 0.00377. The lowest BCUT2D eigenvalue weighted by atomic mass is 10.3. The van der Waals surface area contributed by atoms with Gasteiger partial charge in [0.05, 0.1) is 36.0 Å². The van der Waals surface area contributed by atoms with Gasteiger partial charge in [0.15, 0.2) is 0 Å². The maximum Gasteiger partial charge on any atom is 0.504 e. The van der Waals surface area contributed by atoms with Crippen LogP contribution in [0.2, 0.25) is 0 Å². The lowest BCUT2D eigenvalue weighted by Crippen LogP contribution is -2.26. The number of sulfone groups is 3. The van der Waals surface area contributed by atoms with Crippen molar-refractivity contribution in [3.8, 4) is 17.2 Å². The van der Waals surface area contributed by atoms with Gasteiger partial charge in [0, 0.05) is 0 Å². The maximum absolute atomic E-state index is 12.6. The van der Waals surface area contributed by atoms with Crippen LogP contribution >= 0.6 is 0 Å². The SMILES string of the molecule is COc1ccc(S(=O)(=O)C(=[N+]=[N-])S(=O)(=O)c2ccc(OC)cc2)cc1.COc1ccc(S(=O)(=O)C=[N+]=[N-])cc1. The smallest absolute Gasteiger partial charge is 0.497 e. The summed E-state index contributed by atoms with van der Waals surface area (Å²) in [5, 5.41) is 0. The Bertz CT molecular complexity index is 1650. The van der Waals surface area contributed by atoms with Crippen molar-refractivity contribution in [2.45, 2.75) is 14.7 Å². The van der Waals surface area contributed by atoms with Crippen LogP contribution in [-0.2, 0) is 29.5 Å². The summed E-state index contributed by atoms with van der Waals surface area (Å²) in [6.45, 7) is 0. The Kier molecular flexibility index (Phi) is 10.3. The normalized spacial score (nSPS) is 11.1. The molecule has 13 nitrogen and oxygen atoms in total. The molecule has 16 heteroatoms. The zero-order valence-corrected chi connectivity index (χ0v) is 23.1. The predicted octanol–water partition coefficient (Wildman–Crippen LogP) is 2.26. The Labute approximate surface area is 225 Å². The summed E-state index contributed by atoms with van der Waals surface area (Å²) in [6, 6.07) is 15.8. The molecule has 0 spiro atoms. The molecule has 0 radical (unpaired) electrons. The Morgan fingerprint density at radius 3 is 1.15 bits per heavy atom. The van der Waals surface area contributed by atoms with Crippen molar-refractivity contribution in [2.24, 2.45) is 0 Å². The summed E-state index contributed by atoms with van der Waals surface area (Å²) >= 11 is 0. The van der Waals surface area contributed by atoms with Crippen LogP contribution in [0, 0.1) is 0 Å². The molecular weight excluding hydrogens is 572 g/mol. The van der Waals surface area contributed by atoms with Gasteiger partial charge in [-0.05, 0) is 72.8 Å². The molecule has 0 aromatic heterocycles. The first-order chi connectivity index (χ1) is 18.4. The summed E-state index contributed by atoms with van der Waals surface area (Å²) in [5.74, 6) is 1.34. The number of rotatable bonds is 7. The Morgan fingerprint density at radius 2 is 0.897 bits per heavy atom. The van der Waals surface area contributed by atoms with E-state index in [4.69, 9.17) is 25.3 Å². The quantitative estimate of drug-likeness (QED) is 0.170. The van der Waals surface area contributed by atoms with Crippen molar-refractivity contribution in [3.63, 3.8) is 0 Å². The monoisotopic (exact) mass is 594 g/mol. The molecule has 0 bridgehead atoms. The van der Waals surface area contributed by atoms with Crippen molar-refractivity contribution in [3.05, 3.63) is 83.9 Å². The topological polar surface area (TPSA) is 203 Å². The maximum atomic E-state index is 12.6. The van der Waals surface area contributed by atoms with Gasteiger partial charge < -0.3 is 25.3 Å². The summed E-state index contributed by atoms with van der Waals surface area (Å²) in [4.78, 5) is 4.38. The zero-order valence-electron chi connectivity index (χ0n) is 20.7. The molecule has 0 atom stereocenters. The summed E-state index contributed by atoms with van der Waals surface area (Å²) in [7, 11) is -8.49. The first-order valence-electron chi connectivity index (χ1n) is 10.4. The van der Waals surface area contributed by atoms with Gasteiger partial charge in [0.1, 0.15) is 17.2 Å². The third kappa shape index (κ3) is 7.37. The molecule has 206 valence electrons. The molecule has 0 unspecified atom stereocenters. The molecule has 0 saturated heterocycles. The van der Waals surface area contributed by atoms with Gasteiger partial charge in [-0.3, -0.25) is 0 Å². The third-order valence-electron chi connectivity index (χ3n) is 4.85. The summed E-state index contributed by atoms with van der Waals surface area (Å²) < 4.78 is 86.2. The molecule has 0 heterocycles. The highest BCUT2D eigenvalue weighted by molar-refractivity contribution is 8.31. The molecule has 0 N–H and O–H groups in total. The van der Waals surface area contributed by atoms with Gasteiger partial charge in [-0.2, -0.15) is 4.79 Å². The third-order valence-corrected chi connectivity index (χ3v) is 10.3. The molecule has 3 rings (SSSR count). The van der Waals surface area contributed by atoms with Crippen LogP contribution in [0.15, 0.2) is 87.5 Å². The van der Waals surface area contributed by atoms with E-state index in [0.29, 0.717) is 22.8 Å². The average molecular weight is 595 g/mol. The van der Waals surface area contributed by atoms with Crippen LogP contribution in [0.4, 0.5) is 0 Å². The molecule has 0 amide bonds. The highest BCUT2D eigenvalue weighted by Gasteiger charge is 2.44. The zero-order chi connectivity index (χ0) is 29.3. The Morgan fingerprint density at radius 1 is 0.590 bits per heavy atom. The largest absolute Gasteiger partial charge is 0.504 e. The second kappa shape index (κ2) is 13.0. The second-order valence-corrected chi connectivity index (χ2v) is 12.9. The van der Waals surface area contributed by atoms with E-state index in [0.717, 1.165) is 24.3 Å². The number of hydrogen-bond acceptors (Lipinski definition) is 9. The van der Waals surface area contributed by atoms with E-state index in [1.807, 2.05) is 0 Å². The first-order valence-corrected chi connectivity index (χ1v) is 15.0. The van der Waals surface area contributed by atoms with Crippen LogP contribution in [0.1, 0.15) is 0 Å². The van der Waals surface area contributed by atoms with E-state index in [1.54, 1.807) is 0 Å². The fraction of sp³-hybridized carbons (Fsp3) is 0.130. The lowest BCUT2D eigenvalue weighted by Gasteiger charge is -2.05. The van der Waals surface area contributed by atoms with Crippen LogP contribution in [0.25, 0.3) is 11.1 Å². The number of ether oxygens (including phenoxy) is 3. The van der Waals surface area contributed by atoms with Crippen molar-refractivity contribution in [1.82, 2.24) is 0 Å². The molecule has 3 aromatic carbocycles. The van der Waals surface area contributed by atoms with Crippen LogP contribution in [0.5, 0.6) is 17.2 Å². The molecular formula is C23H22N4O9S3. The van der Waals surface area contributed by atoms with Crippen molar-refractivity contribution in [1.29, 1.82) is 0 Å². The van der Waals surface area contributed by atoms with E-state index in [2.05, 4.69) is 9.58 Å². The first kappa shape index (κ1) is 30.9. The van der Waals surface area contributed by atoms with Crippen LogP contribution in [-0.4, -0.2) is 66.1 Å². The summed E-state index contributed by atoms with van der Waals surface area (Å²) in [5.41, 5.74) is 17.7. The molecule has 39 heavy (non-hydrogen) atoms. The molecule has 0 saturated carbocycles. The predicted molar refractivity (Wildman–Crippen MR) is 139 cm³/mol. The van der Waals surface area contributed by atoms with Crippen LogP contribution < -0.4 is 14.2 Å². The van der Waals surface area contributed by atoms with Gasteiger partial charge >= 0.3 is 9.92 Å². The minimum atomic E-state index is -4.57. The van der Waals surface area contributed by atoms with Gasteiger partial charge in [-0.1, -0.05) is 0 Å². The van der Waals surface area contributed by atoms with Crippen molar-refractivity contribution >= 4 is 39.4 Å². The minimum Gasteiger partial charge on any atom is -0.497 e. The van der Waals surface area contributed by atoms with Gasteiger partial charge in [0.2, 0.25) is 0 Å². The fourth-order valence-electron chi connectivity index (χ4n) is 2.85. The number of benzene rings is 3. The Hall–Kier alpha value is -4.33. The second-order valence-electron chi connectivity index (χ2n) is 7.17. The molecule has 0 aliphatic rings. The average Bonchev–Trinajstić information content (AvgIpc) is 2.93. The van der Waals surface area contributed by atoms with Crippen molar-refractivity contribution in [2.75, 3.05) is 21.3 Å². The molecule has 0 fully saturated rings. The van der Waals surface area contributed by atoms with E-state index >= 15 is 0 Å². The number of hydrogen-bond donors (Lipinski definition) is 0. The Balaban J connectivity index is 0.000000322. The highest BCUT2D eigenvalue weighted by Crippen LogP contribution is 2.23. The van der Waals surface area contributed by atoms with E-state index in [-0.39, 0.29) is 14.7 Å². The standard InChI is InChI=1S/C15H14N2O6S2.C8H8N2O3S/c1-22-11-3-7-13(8-4-11)24(18,19)15(17-16)25(20,21)14-9-5-12(23-2)6-10-14;1-13-7-2-4-8(5-3-7)14(11,12)6-10-9/h3-10H,1-2H3;2-6H,1H3. The molecule has 3 aromatic rings. The minimum absolute atomic E-state index is 0.0519. The summed E-state index contributed by atoms with van der Waals surface area (Å²) in [6.07, 6.45) is 0. The highest BCUT2D eigenvalue weighted by atomic mass is 32.3. The van der Waals surface area contributed by atoms with E-state index < -0.39 is 33.9 Å². The number of methoxy groups -OCH3 is 3.